The molecule has 0 aromatic carbocycles. The van der Waals surface area contributed by atoms with Crippen molar-refractivity contribution in [3.8, 4) is 0 Å². The normalized spacial score (nSPS) is 14.9. The van der Waals surface area contributed by atoms with E-state index in [-0.39, 0.29) is 6.42 Å². The van der Waals surface area contributed by atoms with Crippen LogP contribution in [0.4, 0.5) is 0 Å². The maximum absolute atomic E-state index is 10.7. The fraction of sp³-hybridized carbons (Fsp3) is 0.800. The first-order valence-corrected chi connectivity index (χ1v) is 3.74. The number of carbonyl (C=O) groups is 1. The Balaban J connectivity index is 3.81. The number of rotatable bonds is 2. The molecule has 10 heavy (non-hydrogen) atoms. The van der Waals surface area contributed by atoms with E-state index in [2.05, 4.69) is 0 Å². The predicted molar refractivity (Wildman–Crippen MR) is 41.6 cm³/mol. The summed E-state index contributed by atoms with van der Waals surface area (Å²) in [5.74, 6) is -0.472. The maximum Gasteiger partial charge on any atom is 0.197 e. The Morgan fingerprint density at radius 3 is 2.10 bits per heavy atom. The molecule has 0 aromatic heterocycles. The Morgan fingerprint density at radius 1 is 1.60 bits per heavy atom. The zero-order valence-corrected chi connectivity index (χ0v) is 7.54. The Morgan fingerprint density at radius 2 is 2.00 bits per heavy atom. The minimum atomic E-state index is -1.59. The molecule has 1 unspecified atom stereocenters. The van der Waals surface area contributed by atoms with Crippen LogP contribution < -0.4 is 0 Å². The van der Waals surface area contributed by atoms with Gasteiger partial charge in [0.15, 0.2) is 9.58 Å². The van der Waals surface area contributed by atoms with Crippen LogP contribution in [-0.2, 0) is 4.79 Å². The zero-order chi connectivity index (χ0) is 8.36. The largest absolute Gasteiger partial charge is 0.386 e. The van der Waals surface area contributed by atoms with Crippen LogP contribution >= 0.6 is 34.8 Å². The molecule has 0 aromatic rings. The number of hydrogen-bond donors (Lipinski definition) is 1. The lowest BCUT2D eigenvalue weighted by Gasteiger charge is -2.09. The van der Waals surface area contributed by atoms with E-state index in [0.29, 0.717) is 0 Å². The minimum Gasteiger partial charge on any atom is -0.386 e. The molecule has 0 fully saturated rings. The quantitative estimate of drug-likeness (QED) is 0.697. The van der Waals surface area contributed by atoms with Crippen LogP contribution in [0.15, 0.2) is 0 Å². The number of Topliss-reactive ketones (excluding diaryl/α,β-unsaturated/α-hetero) is 1. The van der Waals surface area contributed by atoms with Crippen molar-refractivity contribution in [2.75, 3.05) is 0 Å². The van der Waals surface area contributed by atoms with E-state index in [0.717, 1.165) is 0 Å². The van der Waals surface area contributed by atoms with E-state index in [9.17, 15) is 4.79 Å². The van der Waals surface area contributed by atoms with E-state index >= 15 is 0 Å². The van der Waals surface area contributed by atoms with Crippen LogP contribution in [-0.4, -0.2) is 20.8 Å². The summed E-state index contributed by atoms with van der Waals surface area (Å²) in [6.07, 6.45) is -1.31. The molecule has 2 nitrogen and oxygen atoms in total. The molecule has 0 heterocycles. The third-order valence-electron chi connectivity index (χ3n) is 0.841. The monoisotopic (exact) mass is 204 g/mol. The third kappa shape index (κ3) is 5.30. The molecule has 0 aliphatic rings. The van der Waals surface area contributed by atoms with Gasteiger partial charge in [-0.25, -0.2) is 0 Å². The first-order chi connectivity index (χ1) is 4.33. The minimum absolute atomic E-state index is 0.255. The van der Waals surface area contributed by atoms with Crippen LogP contribution in [0.1, 0.15) is 13.3 Å². The van der Waals surface area contributed by atoms with Crippen molar-refractivity contribution in [1.29, 1.82) is 0 Å². The Kier molecular flexibility index (Phi) is 3.95. The highest BCUT2D eigenvalue weighted by Crippen LogP contribution is 2.30. The van der Waals surface area contributed by atoms with Gasteiger partial charge in [-0.15, -0.1) is 0 Å². The first kappa shape index (κ1) is 10.5. The van der Waals surface area contributed by atoms with Crippen molar-refractivity contribution < 1.29 is 9.90 Å². The van der Waals surface area contributed by atoms with E-state index < -0.39 is 15.7 Å². The van der Waals surface area contributed by atoms with Crippen molar-refractivity contribution in [2.24, 2.45) is 0 Å². The van der Waals surface area contributed by atoms with Crippen molar-refractivity contribution in [3.05, 3.63) is 0 Å². The number of carbonyl (C=O) groups excluding carboxylic acids is 1. The number of alkyl halides is 3. The summed E-state index contributed by atoms with van der Waals surface area (Å²) >= 11 is 15.8. The molecule has 0 aliphatic carbocycles. The fourth-order valence-electron chi connectivity index (χ4n) is 0.345. The highest BCUT2D eigenvalue weighted by atomic mass is 35.6. The lowest BCUT2D eigenvalue weighted by molar-refractivity contribution is -0.126. The number of hydrogen-bond acceptors (Lipinski definition) is 2. The SMILES string of the molecule is CC(O)C(=O)CC(Cl)(Cl)Cl. The molecule has 0 amide bonds. The molecule has 0 radical (unpaired) electrons. The van der Waals surface area contributed by atoms with Crippen molar-refractivity contribution >= 4 is 40.6 Å². The zero-order valence-electron chi connectivity index (χ0n) is 5.27. The van der Waals surface area contributed by atoms with Gasteiger partial charge in [0.05, 0.1) is 6.42 Å². The molecule has 1 atom stereocenters. The summed E-state index contributed by atoms with van der Waals surface area (Å²) in [5.41, 5.74) is 0. The number of aliphatic hydroxyl groups is 1. The van der Waals surface area contributed by atoms with Crippen LogP contribution in [0.25, 0.3) is 0 Å². The molecule has 0 spiro atoms. The van der Waals surface area contributed by atoms with E-state index in [1.807, 2.05) is 0 Å². The molecule has 0 aliphatic heterocycles. The second-order valence-electron chi connectivity index (χ2n) is 1.93. The highest BCUT2D eigenvalue weighted by molar-refractivity contribution is 6.68. The van der Waals surface area contributed by atoms with Crippen LogP contribution in [0.5, 0.6) is 0 Å². The standard InChI is InChI=1S/C5H7Cl3O2/c1-3(9)4(10)2-5(6,7)8/h3,9H,2H2,1H3. The summed E-state index contributed by atoms with van der Waals surface area (Å²) in [4.78, 5) is 10.7. The maximum atomic E-state index is 10.7. The fourth-order valence-corrected chi connectivity index (χ4v) is 0.740. The average molecular weight is 205 g/mol. The number of aliphatic hydroxyl groups excluding tert-OH is 1. The molecular formula is C5H7Cl3O2. The van der Waals surface area contributed by atoms with Gasteiger partial charge in [0.25, 0.3) is 0 Å². The van der Waals surface area contributed by atoms with Gasteiger partial charge in [0.1, 0.15) is 6.10 Å². The van der Waals surface area contributed by atoms with Gasteiger partial charge >= 0.3 is 0 Å². The predicted octanol–water partition coefficient (Wildman–Crippen LogP) is 1.70. The molecule has 1 N–H and O–H groups in total. The van der Waals surface area contributed by atoms with Crippen LogP contribution in [0.3, 0.4) is 0 Å². The van der Waals surface area contributed by atoms with Gasteiger partial charge in [-0.3, -0.25) is 4.79 Å². The van der Waals surface area contributed by atoms with Crippen LogP contribution in [0.2, 0.25) is 0 Å². The molecule has 0 saturated heterocycles. The van der Waals surface area contributed by atoms with Gasteiger partial charge in [-0.05, 0) is 6.92 Å². The molecule has 60 valence electrons. The Hall–Kier alpha value is 0.500. The molecule has 5 heteroatoms. The lowest BCUT2D eigenvalue weighted by Crippen LogP contribution is -2.21. The molecule has 0 bridgehead atoms. The van der Waals surface area contributed by atoms with E-state index in [1.165, 1.54) is 6.92 Å². The number of ketones is 1. The Bertz CT molecular complexity index is 127. The summed E-state index contributed by atoms with van der Waals surface area (Å²) in [6.45, 7) is 1.33. The second-order valence-corrected chi connectivity index (χ2v) is 4.45. The molecule has 0 rings (SSSR count). The summed E-state index contributed by atoms with van der Waals surface area (Å²) in [6, 6.07) is 0. The van der Waals surface area contributed by atoms with Gasteiger partial charge in [0.2, 0.25) is 0 Å². The highest BCUT2D eigenvalue weighted by Gasteiger charge is 2.25. The summed E-state index contributed by atoms with van der Waals surface area (Å²) in [5, 5.41) is 8.66. The van der Waals surface area contributed by atoms with Crippen molar-refractivity contribution in [3.63, 3.8) is 0 Å². The average Bonchev–Trinajstić information content (AvgIpc) is 1.60. The second kappa shape index (κ2) is 3.77. The van der Waals surface area contributed by atoms with Gasteiger partial charge in [-0.1, -0.05) is 34.8 Å². The Labute approximate surface area is 74.1 Å². The van der Waals surface area contributed by atoms with Crippen molar-refractivity contribution in [1.82, 2.24) is 0 Å². The van der Waals surface area contributed by atoms with E-state index in [4.69, 9.17) is 39.9 Å². The number of halogens is 3. The van der Waals surface area contributed by atoms with Gasteiger partial charge in [-0.2, -0.15) is 0 Å². The third-order valence-corrected chi connectivity index (χ3v) is 1.24. The summed E-state index contributed by atoms with van der Waals surface area (Å²) in [7, 11) is 0. The first-order valence-electron chi connectivity index (χ1n) is 2.60. The summed E-state index contributed by atoms with van der Waals surface area (Å²) < 4.78 is -1.59. The molecular weight excluding hydrogens is 198 g/mol. The lowest BCUT2D eigenvalue weighted by atomic mass is 10.2. The molecule has 0 saturated carbocycles. The smallest absolute Gasteiger partial charge is 0.197 e. The van der Waals surface area contributed by atoms with Crippen LogP contribution in [0, 0.1) is 0 Å². The van der Waals surface area contributed by atoms with E-state index in [1.54, 1.807) is 0 Å². The topological polar surface area (TPSA) is 37.3 Å². The van der Waals surface area contributed by atoms with Gasteiger partial charge in [0, 0.05) is 0 Å². The van der Waals surface area contributed by atoms with Crippen molar-refractivity contribution in [2.45, 2.75) is 23.2 Å². The van der Waals surface area contributed by atoms with Gasteiger partial charge < -0.3 is 5.11 Å².